The van der Waals surface area contributed by atoms with Crippen LogP contribution in [0.5, 0.6) is 5.75 Å². The van der Waals surface area contributed by atoms with Crippen LogP contribution >= 0.6 is 0 Å². The molecule has 0 unspecified atom stereocenters. The number of hydrogen-bond acceptors (Lipinski definition) is 3. The van der Waals surface area contributed by atoms with Crippen molar-refractivity contribution in [3.05, 3.63) is 24.3 Å². The second-order valence-electron chi connectivity index (χ2n) is 6.59. The van der Waals surface area contributed by atoms with Crippen molar-refractivity contribution in [2.45, 2.75) is 39.5 Å². The lowest BCUT2D eigenvalue weighted by Gasteiger charge is -2.33. The van der Waals surface area contributed by atoms with E-state index in [0.29, 0.717) is 18.6 Å². The van der Waals surface area contributed by atoms with Gasteiger partial charge in [-0.15, -0.1) is 0 Å². The molecule has 1 aliphatic carbocycles. The molecule has 0 aliphatic heterocycles. The lowest BCUT2D eigenvalue weighted by molar-refractivity contribution is -0.121. The number of nitrogens with one attached hydrogen (secondary N) is 1. The van der Waals surface area contributed by atoms with Gasteiger partial charge in [-0.2, -0.15) is 0 Å². The van der Waals surface area contributed by atoms with Gasteiger partial charge in [-0.25, -0.2) is 0 Å². The highest BCUT2D eigenvalue weighted by Crippen LogP contribution is 2.38. The number of hydrogen-bond donors (Lipinski definition) is 2. The number of ether oxygens (including phenoxy) is 1. The van der Waals surface area contributed by atoms with E-state index in [1.165, 1.54) is 0 Å². The molecule has 0 radical (unpaired) electrons. The first kappa shape index (κ1) is 15.8. The molecule has 21 heavy (non-hydrogen) atoms. The molecule has 1 aromatic carbocycles. The van der Waals surface area contributed by atoms with Crippen molar-refractivity contribution in [1.82, 2.24) is 0 Å². The second-order valence-corrected chi connectivity index (χ2v) is 6.59. The summed E-state index contributed by atoms with van der Waals surface area (Å²) in [6.07, 6.45) is 4.21. The van der Waals surface area contributed by atoms with E-state index in [0.717, 1.165) is 37.1 Å². The van der Waals surface area contributed by atoms with Crippen molar-refractivity contribution in [3.63, 3.8) is 0 Å². The van der Waals surface area contributed by atoms with Crippen LogP contribution in [0, 0.1) is 11.3 Å². The fraction of sp³-hybridized carbons (Fsp3) is 0.588. The van der Waals surface area contributed by atoms with E-state index >= 15 is 0 Å². The Hall–Kier alpha value is -1.55. The molecule has 1 aliphatic rings. The van der Waals surface area contributed by atoms with Gasteiger partial charge >= 0.3 is 0 Å². The predicted molar refractivity (Wildman–Crippen MR) is 85.4 cm³/mol. The Kier molecular flexibility index (Phi) is 5.23. The quantitative estimate of drug-likeness (QED) is 0.875. The molecule has 0 aromatic heterocycles. The van der Waals surface area contributed by atoms with Gasteiger partial charge in [-0.3, -0.25) is 4.79 Å². The topological polar surface area (TPSA) is 64.3 Å². The van der Waals surface area contributed by atoms with Crippen LogP contribution in [0.4, 0.5) is 5.69 Å². The first-order valence-electron chi connectivity index (χ1n) is 7.74. The lowest BCUT2D eigenvalue weighted by Crippen LogP contribution is -2.30. The molecule has 1 saturated carbocycles. The summed E-state index contributed by atoms with van der Waals surface area (Å²) in [4.78, 5) is 12.3. The average molecular weight is 290 g/mol. The van der Waals surface area contributed by atoms with Crippen LogP contribution in [0.25, 0.3) is 0 Å². The largest absolute Gasteiger partial charge is 0.492 e. The van der Waals surface area contributed by atoms with Crippen LogP contribution in [-0.2, 0) is 4.79 Å². The van der Waals surface area contributed by atoms with Crippen molar-refractivity contribution in [1.29, 1.82) is 0 Å². The molecule has 1 aromatic rings. The predicted octanol–water partition coefficient (Wildman–Crippen LogP) is 3.18. The van der Waals surface area contributed by atoms with Gasteiger partial charge in [-0.1, -0.05) is 13.8 Å². The Morgan fingerprint density at radius 3 is 2.48 bits per heavy atom. The van der Waals surface area contributed by atoms with E-state index in [1.54, 1.807) is 0 Å². The molecule has 4 heteroatoms. The van der Waals surface area contributed by atoms with E-state index in [9.17, 15) is 4.79 Å². The van der Waals surface area contributed by atoms with E-state index in [1.807, 2.05) is 24.3 Å². The van der Waals surface area contributed by atoms with E-state index in [2.05, 4.69) is 19.2 Å². The average Bonchev–Trinajstić information content (AvgIpc) is 2.46. The fourth-order valence-corrected chi connectivity index (χ4v) is 2.72. The molecule has 0 spiro atoms. The molecular weight excluding hydrogens is 264 g/mol. The number of anilines is 1. The van der Waals surface area contributed by atoms with Gasteiger partial charge in [0.25, 0.3) is 0 Å². The Morgan fingerprint density at radius 1 is 1.29 bits per heavy atom. The van der Waals surface area contributed by atoms with Gasteiger partial charge in [0.05, 0.1) is 0 Å². The van der Waals surface area contributed by atoms with Gasteiger partial charge in [-0.05, 0) is 55.4 Å². The number of nitrogens with two attached hydrogens (primary N) is 1. The maximum atomic E-state index is 12.3. The van der Waals surface area contributed by atoms with Gasteiger partial charge < -0.3 is 15.8 Å². The molecule has 1 amide bonds. The third-order valence-electron chi connectivity index (χ3n) is 4.22. The highest BCUT2D eigenvalue weighted by Gasteiger charge is 2.30. The Balaban J connectivity index is 1.85. The summed E-state index contributed by atoms with van der Waals surface area (Å²) >= 11 is 0. The highest BCUT2D eigenvalue weighted by atomic mass is 16.5. The van der Waals surface area contributed by atoms with Crippen molar-refractivity contribution in [2.24, 2.45) is 17.1 Å². The van der Waals surface area contributed by atoms with Gasteiger partial charge in [0.15, 0.2) is 0 Å². The van der Waals surface area contributed by atoms with E-state index in [4.69, 9.17) is 10.5 Å². The molecule has 116 valence electrons. The second kappa shape index (κ2) is 6.94. The molecule has 3 N–H and O–H groups in total. The highest BCUT2D eigenvalue weighted by molar-refractivity contribution is 5.92. The van der Waals surface area contributed by atoms with Crippen molar-refractivity contribution in [3.8, 4) is 5.75 Å². The fourth-order valence-electron chi connectivity index (χ4n) is 2.72. The van der Waals surface area contributed by atoms with Crippen LogP contribution in [-0.4, -0.2) is 19.1 Å². The molecule has 4 nitrogen and oxygen atoms in total. The molecule has 2 rings (SSSR count). The van der Waals surface area contributed by atoms with Crippen LogP contribution in [0.15, 0.2) is 24.3 Å². The van der Waals surface area contributed by atoms with Crippen molar-refractivity contribution >= 4 is 11.6 Å². The summed E-state index contributed by atoms with van der Waals surface area (Å²) in [5, 5.41) is 3.00. The summed E-state index contributed by atoms with van der Waals surface area (Å²) in [6, 6.07) is 7.46. The van der Waals surface area contributed by atoms with Gasteiger partial charge in [0, 0.05) is 18.2 Å². The molecule has 0 bridgehead atoms. The third-order valence-corrected chi connectivity index (χ3v) is 4.22. The summed E-state index contributed by atoms with van der Waals surface area (Å²) in [5.41, 5.74) is 6.60. The minimum absolute atomic E-state index is 0.140. The summed E-state index contributed by atoms with van der Waals surface area (Å²) in [6.45, 7) is 5.56. The van der Waals surface area contributed by atoms with Gasteiger partial charge in [0.1, 0.15) is 12.4 Å². The Labute approximate surface area is 127 Å². The maximum absolute atomic E-state index is 12.3. The van der Waals surface area contributed by atoms with Crippen LogP contribution < -0.4 is 15.8 Å². The zero-order chi connectivity index (χ0) is 15.3. The maximum Gasteiger partial charge on any atom is 0.227 e. The summed E-state index contributed by atoms with van der Waals surface area (Å²) in [7, 11) is 0. The molecule has 0 heterocycles. The molecule has 0 saturated heterocycles. The van der Waals surface area contributed by atoms with Crippen molar-refractivity contribution in [2.75, 3.05) is 18.5 Å². The molecule has 0 atom stereocenters. The SMILES string of the molecule is CC1(C)CCC(C(=O)Nc2ccc(OCCN)cc2)CC1. The number of carbonyl (C=O) groups is 1. The Bertz CT molecular complexity index is 458. The van der Waals surface area contributed by atoms with Crippen LogP contribution in [0.1, 0.15) is 39.5 Å². The number of carbonyl (C=O) groups excluding carboxylic acids is 1. The number of benzene rings is 1. The number of amides is 1. The third kappa shape index (κ3) is 4.74. The smallest absolute Gasteiger partial charge is 0.227 e. The first-order valence-corrected chi connectivity index (χ1v) is 7.74. The zero-order valence-corrected chi connectivity index (χ0v) is 13.0. The van der Waals surface area contributed by atoms with E-state index < -0.39 is 0 Å². The normalized spacial score (nSPS) is 18.2. The monoisotopic (exact) mass is 290 g/mol. The zero-order valence-electron chi connectivity index (χ0n) is 13.0. The summed E-state index contributed by atoms with van der Waals surface area (Å²) < 4.78 is 5.42. The van der Waals surface area contributed by atoms with Gasteiger partial charge in [0.2, 0.25) is 5.91 Å². The first-order chi connectivity index (χ1) is 10.00. The minimum atomic E-state index is 0.140. The molecular formula is C17H26N2O2. The van der Waals surface area contributed by atoms with E-state index in [-0.39, 0.29) is 11.8 Å². The standard InChI is InChI=1S/C17H26N2O2/c1-17(2)9-7-13(8-10-17)16(20)19-14-3-5-15(6-4-14)21-12-11-18/h3-6,13H,7-12,18H2,1-2H3,(H,19,20). The Morgan fingerprint density at radius 2 is 1.90 bits per heavy atom. The lowest BCUT2D eigenvalue weighted by atomic mass is 9.73. The van der Waals surface area contributed by atoms with Crippen LogP contribution in [0.2, 0.25) is 0 Å². The number of rotatable bonds is 5. The summed E-state index contributed by atoms with van der Waals surface area (Å²) in [5.74, 6) is 1.06. The van der Waals surface area contributed by atoms with Crippen molar-refractivity contribution < 1.29 is 9.53 Å². The minimum Gasteiger partial charge on any atom is -0.492 e. The van der Waals surface area contributed by atoms with Crippen LogP contribution in [0.3, 0.4) is 0 Å². The molecule has 1 fully saturated rings.